The van der Waals surface area contributed by atoms with E-state index in [1.54, 1.807) is 0 Å². The lowest BCUT2D eigenvalue weighted by atomic mass is 10.1. The Bertz CT molecular complexity index is 996. The third-order valence-corrected chi connectivity index (χ3v) is 4.26. The second-order valence-electron chi connectivity index (χ2n) is 5.99. The Balaban J connectivity index is 2.50. The number of esters is 1. The third kappa shape index (κ3) is 5.60. The Morgan fingerprint density at radius 3 is 2.28 bits per heavy atom. The fourth-order valence-electron chi connectivity index (χ4n) is 2.59. The van der Waals surface area contributed by atoms with Gasteiger partial charge in [-0.3, -0.25) is 10.1 Å². The highest BCUT2D eigenvalue weighted by atomic mass is 35.5. The molecule has 2 N–H and O–H groups in total. The molecule has 0 unspecified atom stereocenters. The van der Waals surface area contributed by atoms with E-state index in [-0.39, 0.29) is 47.0 Å². The zero-order chi connectivity index (χ0) is 23.8. The van der Waals surface area contributed by atoms with Crippen LogP contribution in [0.5, 0.6) is 28.7 Å². The number of carbonyl (C=O) groups is 1. The minimum atomic E-state index is -1.03. The Morgan fingerprint density at radius 1 is 1.03 bits per heavy atom. The van der Waals surface area contributed by atoms with E-state index in [4.69, 9.17) is 40.0 Å². The van der Waals surface area contributed by atoms with Crippen molar-refractivity contribution in [3.63, 3.8) is 0 Å². The molecule has 0 amide bonds. The molecule has 0 atom stereocenters. The van der Waals surface area contributed by atoms with E-state index in [2.05, 4.69) is 0 Å². The summed E-state index contributed by atoms with van der Waals surface area (Å²) in [5.41, 5.74) is -0.884. The second-order valence-corrected chi connectivity index (χ2v) is 6.40. The van der Waals surface area contributed by atoms with Crippen LogP contribution in [0.25, 0.3) is 0 Å². The molecule has 0 saturated heterocycles. The molecule has 2 aromatic carbocycles. The van der Waals surface area contributed by atoms with Crippen LogP contribution in [0, 0.1) is 10.1 Å². The number of phenolic OH excluding ortho intramolecular Hbond substituents is 2. The highest BCUT2D eigenvalue weighted by Crippen LogP contribution is 2.45. The maximum atomic E-state index is 12.5. The highest BCUT2D eigenvalue weighted by molar-refractivity contribution is 6.32. The molecule has 0 fully saturated rings. The Kier molecular flexibility index (Phi) is 8.70. The van der Waals surface area contributed by atoms with E-state index in [1.807, 2.05) is 0 Å². The number of nitro benzene ring substituents is 1. The van der Waals surface area contributed by atoms with E-state index in [0.717, 1.165) is 18.2 Å². The second kappa shape index (κ2) is 11.2. The maximum absolute atomic E-state index is 12.5. The van der Waals surface area contributed by atoms with Crippen LogP contribution in [0.3, 0.4) is 0 Å². The molecule has 174 valence electrons. The summed E-state index contributed by atoms with van der Waals surface area (Å²) in [4.78, 5) is 23.4. The fraction of sp³-hybridized carbons (Fsp3) is 0.316. The maximum Gasteiger partial charge on any atom is 0.342 e. The number of nitrogens with zero attached hydrogens (tertiary/aromatic N) is 1. The van der Waals surface area contributed by atoms with Gasteiger partial charge in [0.15, 0.2) is 25.1 Å². The number of rotatable bonds is 11. The van der Waals surface area contributed by atoms with Gasteiger partial charge in [-0.05, 0) is 6.07 Å². The average molecular weight is 474 g/mol. The van der Waals surface area contributed by atoms with Crippen LogP contribution in [0.2, 0.25) is 5.02 Å². The zero-order valence-corrected chi connectivity index (χ0v) is 18.0. The van der Waals surface area contributed by atoms with Crippen LogP contribution in [-0.4, -0.2) is 56.0 Å². The predicted molar refractivity (Wildman–Crippen MR) is 109 cm³/mol. The first-order chi connectivity index (χ1) is 15.2. The van der Waals surface area contributed by atoms with Gasteiger partial charge in [-0.15, -0.1) is 0 Å². The van der Waals surface area contributed by atoms with Gasteiger partial charge in [0.2, 0.25) is 5.75 Å². The minimum absolute atomic E-state index is 0.0143. The van der Waals surface area contributed by atoms with Gasteiger partial charge in [0.05, 0.1) is 28.7 Å². The molecule has 2 aromatic rings. The van der Waals surface area contributed by atoms with Gasteiger partial charge in [0.25, 0.3) is 0 Å². The quantitative estimate of drug-likeness (QED) is 0.214. The number of hydrogen-bond acceptors (Lipinski definition) is 11. The van der Waals surface area contributed by atoms with Crippen molar-refractivity contribution in [2.75, 3.05) is 34.9 Å². The molecule has 0 spiro atoms. The number of methoxy groups -OCH3 is 3. The first kappa shape index (κ1) is 24.8. The SMILES string of the molecule is COCOc1cc([N+](=O)[O-])c(OCOC)c(COC(=O)c2cc(Cl)c(O)cc2O)c1OC. The molecule has 0 heterocycles. The molecule has 0 saturated carbocycles. The fourth-order valence-corrected chi connectivity index (χ4v) is 2.75. The van der Waals surface area contributed by atoms with Crippen LogP contribution in [-0.2, 0) is 20.8 Å². The monoisotopic (exact) mass is 473 g/mol. The van der Waals surface area contributed by atoms with E-state index in [1.165, 1.54) is 21.3 Å². The van der Waals surface area contributed by atoms with Gasteiger partial charge in [-0.2, -0.15) is 0 Å². The van der Waals surface area contributed by atoms with Gasteiger partial charge in [-0.1, -0.05) is 11.6 Å². The molecule has 0 radical (unpaired) electrons. The molecular weight excluding hydrogens is 454 g/mol. The van der Waals surface area contributed by atoms with Gasteiger partial charge >= 0.3 is 11.7 Å². The molecular formula is C19H20ClNO11. The van der Waals surface area contributed by atoms with E-state index < -0.39 is 34.7 Å². The van der Waals surface area contributed by atoms with Crippen molar-refractivity contribution in [3.05, 3.63) is 44.5 Å². The van der Waals surface area contributed by atoms with Crippen molar-refractivity contribution in [3.8, 4) is 28.7 Å². The van der Waals surface area contributed by atoms with Gasteiger partial charge in [0.1, 0.15) is 23.7 Å². The average Bonchev–Trinajstić information content (AvgIpc) is 2.76. The third-order valence-electron chi connectivity index (χ3n) is 3.96. The standard InChI is InChI=1S/C19H20ClNO11/c1-27-8-31-16-5-13(21(25)26)17(32-9-28-2)11(18(16)29-3)7-30-19(24)10-4-12(20)15(23)6-14(10)22/h4-6,22-23H,7-9H2,1-3H3. The molecule has 0 aliphatic heterocycles. The lowest BCUT2D eigenvalue weighted by molar-refractivity contribution is -0.386. The van der Waals surface area contributed by atoms with Crippen molar-refractivity contribution >= 4 is 23.3 Å². The summed E-state index contributed by atoms with van der Waals surface area (Å²) >= 11 is 5.78. The summed E-state index contributed by atoms with van der Waals surface area (Å²) in [7, 11) is 3.95. The number of halogens is 1. The van der Waals surface area contributed by atoms with Crippen molar-refractivity contribution in [2.24, 2.45) is 0 Å². The molecule has 0 aliphatic carbocycles. The Morgan fingerprint density at radius 2 is 1.69 bits per heavy atom. The van der Waals surface area contributed by atoms with Crippen LogP contribution in [0.15, 0.2) is 18.2 Å². The van der Waals surface area contributed by atoms with Crippen molar-refractivity contribution in [2.45, 2.75) is 6.61 Å². The zero-order valence-electron chi connectivity index (χ0n) is 17.2. The Labute approximate surface area is 186 Å². The lowest BCUT2D eigenvalue weighted by Gasteiger charge is -2.18. The number of nitro groups is 1. The number of aromatic hydroxyl groups is 2. The van der Waals surface area contributed by atoms with Gasteiger partial charge < -0.3 is 38.6 Å². The smallest absolute Gasteiger partial charge is 0.342 e. The first-order valence-electron chi connectivity index (χ1n) is 8.75. The largest absolute Gasteiger partial charge is 0.507 e. The summed E-state index contributed by atoms with van der Waals surface area (Å²) in [5, 5.41) is 30.8. The van der Waals surface area contributed by atoms with Crippen LogP contribution in [0.4, 0.5) is 5.69 Å². The predicted octanol–water partition coefficient (Wildman–Crippen LogP) is 2.99. The molecule has 12 nitrogen and oxygen atoms in total. The minimum Gasteiger partial charge on any atom is -0.507 e. The number of phenols is 2. The van der Waals surface area contributed by atoms with E-state index >= 15 is 0 Å². The van der Waals surface area contributed by atoms with E-state index in [9.17, 15) is 25.1 Å². The van der Waals surface area contributed by atoms with Gasteiger partial charge in [-0.25, -0.2) is 4.79 Å². The van der Waals surface area contributed by atoms with Crippen LogP contribution < -0.4 is 14.2 Å². The summed E-state index contributed by atoms with van der Waals surface area (Å²) in [6.45, 7) is -1.17. The van der Waals surface area contributed by atoms with Crippen LogP contribution in [0.1, 0.15) is 15.9 Å². The van der Waals surface area contributed by atoms with Crippen molar-refractivity contribution < 1.29 is 48.4 Å². The first-order valence-corrected chi connectivity index (χ1v) is 9.13. The highest BCUT2D eigenvalue weighted by Gasteiger charge is 2.29. The summed E-state index contributed by atoms with van der Waals surface area (Å²) in [6, 6.07) is 2.95. The van der Waals surface area contributed by atoms with Gasteiger partial charge in [0, 0.05) is 20.3 Å². The summed E-state index contributed by atoms with van der Waals surface area (Å²) < 4.78 is 30.8. The molecule has 0 aliphatic rings. The summed E-state index contributed by atoms with van der Waals surface area (Å²) in [5.74, 6) is -2.40. The number of benzene rings is 2. The molecule has 0 aromatic heterocycles. The molecule has 13 heteroatoms. The topological polar surface area (TPSA) is 156 Å². The molecule has 0 bridgehead atoms. The van der Waals surface area contributed by atoms with Crippen molar-refractivity contribution in [1.82, 2.24) is 0 Å². The number of carbonyl (C=O) groups excluding carboxylic acids is 1. The van der Waals surface area contributed by atoms with Crippen molar-refractivity contribution in [1.29, 1.82) is 0 Å². The Hall–Kier alpha value is -3.48. The van der Waals surface area contributed by atoms with Crippen LogP contribution >= 0.6 is 11.6 Å². The lowest BCUT2D eigenvalue weighted by Crippen LogP contribution is -2.12. The number of ether oxygens (including phenoxy) is 6. The number of hydrogen-bond donors (Lipinski definition) is 2. The summed E-state index contributed by atoms with van der Waals surface area (Å²) in [6.07, 6.45) is 0. The molecule has 2 rings (SSSR count). The normalized spacial score (nSPS) is 10.5. The molecule has 32 heavy (non-hydrogen) atoms. The van der Waals surface area contributed by atoms with E-state index in [0.29, 0.717) is 0 Å².